The number of hydrogen-bond donors (Lipinski definition) is 2. The van der Waals surface area contributed by atoms with Crippen LogP contribution in [0.1, 0.15) is 11.1 Å². The van der Waals surface area contributed by atoms with Crippen molar-refractivity contribution in [3.05, 3.63) is 67.9 Å². The number of rotatable bonds is 2. The van der Waals surface area contributed by atoms with E-state index in [1.54, 1.807) is 12.1 Å². The predicted molar refractivity (Wildman–Crippen MR) is 99.4 cm³/mol. The van der Waals surface area contributed by atoms with Crippen molar-refractivity contribution in [1.29, 1.82) is 0 Å². The van der Waals surface area contributed by atoms with E-state index in [1.165, 1.54) is 0 Å². The highest BCUT2D eigenvalue weighted by Gasteiger charge is 2.14. The minimum absolute atomic E-state index is 0.612. The van der Waals surface area contributed by atoms with Crippen LogP contribution in [-0.2, 0) is 6.42 Å². The number of aromatic amines is 2. The second-order valence-corrected chi connectivity index (χ2v) is 7.11. The molecule has 0 atom stereocenters. The average Bonchev–Trinajstić information content (AvgIpc) is 3.04. The lowest BCUT2D eigenvalue weighted by molar-refractivity contribution is 1.22. The van der Waals surface area contributed by atoms with E-state index in [2.05, 4.69) is 9.97 Å². The van der Waals surface area contributed by atoms with Crippen LogP contribution in [0, 0.1) is 0 Å². The lowest BCUT2D eigenvalue weighted by Crippen LogP contribution is -1.86. The largest absolute Gasteiger partial charge is 0.361 e. The summed E-state index contributed by atoms with van der Waals surface area (Å²) in [4.78, 5) is 6.44. The quantitative estimate of drug-likeness (QED) is 0.379. The van der Waals surface area contributed by atoms with E-state index in [1.807, 2.05) is 24.5 Å². The van der Waals surface area contributed by atoms with Crippen LogP contribution in [0.2, 0.25) is 20.1 Å². The van der Waals surface area contributed by atoms with Crippen molar-refractivity contribution >= 4 is 68.2 Å². The molecule has 0 aliphatic carbocycles. The minimum atomic E-state index is 0.612. The monoisotopic (exact) mass is 382 g/mol. The molecule has 4 aromatic rings. The van der Waals surface area contributed by atoms with Gasteiger partial charge in [-0.25, -0.2) is 0 Å². The molecule has 0 amide bonds. The molecule has 4 rings (SSSR count). The van der Waals surface area contributed by atoms with Gasteiger partial charge < -0.3 is 9.97 Å². The Bertz CT molecular complexity index is 962. The molecule has 0 unspecified atom stereocenters. The number of aromatic nitrogens is 2. The van der Waals surface area contributed by atoms with Gasteiger partial charge in [0, 0.05) is 50.7 Å². The van der Waals surface area contributed by atoms with E-state index < -0.39 is 0 Å². The Kier molecular flexibility index (Phi) is 3.73. The molecule has 2 nitrogen and oxygen atoms in total. The Morgan fingerprint density at radius 3 is 1.52 bits per heavy atom. The fourth-order valence-electron chi connectivity index (χ4n) is 2.99. The van der Waals surface area contributed by atoms with Crippen LogP contribution in [0.15, 0.2) is 36.7 Å². The topological polar surface area (TPSA) is 31.6 Å². The Morgan fingerprint density at radius 1 is 0.652 bits per heavy atom. The summed E-state index contributed by atoms with van der Waals surface area (Å²) >= 11 is 24.8. The summed E-state index contributed by atoms with van der Waals surface area (Å²) in [6, 6.07) is 7.25. The zero-order chi connectivity index (χ0) is 16.1. The lowest BCUT2D eigenvalue weighted by Gasteiger charge is -2.03. The number of benzene rings is 2. The third-order valence-corrected chi connectivity index (χ3v) is 4.97. The molecule has 2 aromatic carbocycles. The van der Waals surface area contributed by atoms with E-state index in [0.29, 0.717) is 26.5 Å². The Hall–Kier alpha value is -1.32. The maximum atomic E-state index is 6.36. The summed E-state index contributed by atoms with van der Waals surface area (Å²) in [6.45, 7) is 0. The van der Waals surface area contributed by atoms with Gasteiger partial charge in [-0.2, -0.15) is 0 Å². The summed E-state index contributed by atoms with van der Waals surface area (Å²) in [5.41, 5.74) is 4.03. The van der Waals surface area contributed by atoms with E-state index >= 15 is 0 Å². The van der Waals surface area contributed by atoms with E-state index in [-0.39, 0.29) is 0 Å². The zero-order valence-electron chi connectivity index (χ0n) is 11.7. The van der Waals surface area contributed by atoms with Crippen LogP contribution < -0.4 is 0 Å². The second kappa shape index (κ2) is 5.64. The molecular weight excluding hydrogens is 374 g/mol. The molecule has 0 radical (unpaired) electrons. The van der Waals surface area contributed by atoms with Crippen LogP contribution >= 0.6 is 46.4 Å². The van der Waals surface area contributed by atoms with Crippen molar-refractivity contribution in [3.8, 4) is 0 Å². The van der Waals surface area contributed by atoms with Crippen molar-refractivity contribution in [2.24, 2.45) is 0 Å². The fraction of sp³-hybridized carbons (Fsp3) is 0.0588. The molecule has 0 aliphatic heterocycles. The van der Waals surface area contributed by atoms with Crippen molar-refractivity contribution in [3.63, 3.8) is 0 Å². The summed E-state index contributed by atoms with van der Waals surface area (Å²) in [7, 11) is 0. The first-order valence-corrected chi connectivity index (χ1v) is 8.44. The standard InChI is InChI=1S/C17H10Cl4N2/c18-10-2-12(20)16-8(6-22-14(16)4-10)1-9-7-23-15-5-11(19)3-13(21)17(9)15/h2-7,22-23H,1H2. The number of nitrogens with one attached hydrogen (secondary N) is 2. The number of fused-ring (bicyclic) bond motifs is 2. The van der Waals surface area contributed by atoms with Crippen molar-refractivity contribution in [2.45, 2.75) is 6.42 Å². The highest BCUT2D eigenvalue weighted by atomic mass is 35.5. The Morgan fingerprint density at radius 2 is 1.09 bits per heavy atom. The molecule has 0 fully saturated rings. The molecule has 23 heavy (non-hydrogen) atoms. The van der Waals surface area contributed by atoms with Gasteiger partial charge in [0.1, 0.15) is 0 Å². The Labute approximate surface area is 152 Å². The van der Waals surface area contributed by atoms with Gasteiger partial charge in [0.2, 0.25) is 0 Å². The van der Waals surface area contributed by atoms with Gasteiger partial charge in [-0.15, -0.1) is 0 Å². The maximum absolute atomic E-state index is 6.36. The van der Waals surface area contributed by atoms with Gasteiger partial charge in [-0.3, -0.25) is 0 Å². The molecule has 2 heterocycles. The van der Waals surface area contributed by atoms with Crippen molar-refractivity contribution < 1.29 is 0 Å². The summed E-state index contributed by atoms with van der Waals surface area (Å²) in [6.07, 6.45) is 4.60. The number of halogens is 4. The summed E-state index contributed by atoms with van der Waals surface area (Å²) < 4.78 is 0. The van der Waals surface area contributed by atoms with Crippen LogP contribution in [0.5, 0.6) is 0 Å². The smallest absolute Gasteiger partial charge is 0.0517 e. The highest BCUT2D eigenvalue weighted by molar-refractivity contribution is 6.39. The molecule has 6 heteroatoms. The van der Waals surface area contributed by atoms with Gasteiger partial charge >= 0.3 is 0 Å². The first-order chi connectivity index (χ1) is 11.0. The molecule has 0 saturated carbocycles. The highest BCUT2D eigenvalue weighted by Crippen LogP contribution is 2.35. The summed E-state index contributed by atoms with van der Waals surface area (Å²) in [5.74, 6) is 0. The molecule has 0 saturated heterocycles. The zero-order valence-corrected chi connectivity index (χ0v) is 14.7. The molecule has 2 N–H and O–H groups in total. The molecule has 0 aliphatic rings. The number of hydrogen-bond acceptors (Lipinski definition) is 0. The normalized spacial score (nSPS) is 11.7. The predicted octanol–water partition coefficient (Wildman–Crippen LogP) is 6.85. The van der Waals surface area contributed by atoms with Crippen molar-refractivity contribution in [2.75, 3.05) is 0 Å². The van der Waals surface area contributed by atoms with Crippen LogP contribution in [0.25, 0.3) is 21.8 Å². The molecule has 0 bridgehead atoms. The molecule has 116 valence electrons. The van der Waals surface area contributed by atoms with Crippen LogP contribution in [0.4, 0.5) is 0 Å². The molecular formula is C17H10Cl4N2. The molecule has 0 spiro atoms. The third kappa shape index (κ3) is 2.60. The fourth-order valence-corrected chi connectivity index (χ4v) is 4.22. The number of H-pyrrole nitrogens is 2. The maximum Gasteiger partial charge on any atom is 0.0517 e. The molecule has 2 aromatic heterocycles. The van der Waals surface area contributed by atoms with E-state index in [4.69, 9.17) is 46.4 Å². The van der Waals surface area contributed by atoms with Crippen LogP contribution in [0.3, 0.4) is 0 Å². The first kappa shape index (κ1) is 15.2. The average molecular weight is 384 g/mol. The van der Waals surface area contributed by atoms with Gasteiger partial charge in [-0.05, 0) is 35.4 Å². The third-order valence-electron chi connectivity index (χ3n) is 3.94. The minimum Gasteiger partial charge on any atom is -0.361 e. The van der Waals surface area contributed by atoms with E-state index in [9.17, 15) is 0 Å². The summed E-state index contributed by atoms with van der Waals surface area (Å²) in [5, 5.41) is 4.46. The van der Waals surface area contributed by atoms with Gasteiger partial charge in [0.05, 0.1) is 10.0 Å². The van der Waals surface area contributed by atoms with Gasteiger partial charge in [-0.1, -0.05) is 46.4 Å². The second-order valence-electron chi connectivity index (χ2n) is 5.42. The first-order valence-electron chi connectivity index (χ1n) is 6.93. The van der Waals surface area contributed by atoms with Crippen molar-refractivity contribution in [1.82, 2.24) is 9.97 Å². The SMILES string of the molecule is Clc1cc(Cl)c2c(Cc3c[nH]c4cc(Cl)cc(Cl)c34)c[nH]c2c1. The van der Waals surface area contributed by atoms with Gasteiger partial charge in [0.25, 0.3) is 0 Å². The lowest BCUT2D eigenvalue weighted by atomic mass is 10.0. The van der Waals surface area contributed by atoms with E-state index in [0.717, 1.165) is 32.9 Å². The van der Waals surface area contributed by atoms with Crippen LogP contribution in [-0.4, -0.2) is 9.97 Å². The Balaban J connectivity index is 1.86. The van der Waals surface area contributed by atoms with Gasteiger partial charge in [0.15, 0.2) is 0 Å².